The molecule has 1 aromatic rings. The van der Waals surface area contributed by atoms with Gasteiger partial charge in [0, 0.05) is 19.1 Å². The van der Waals surface area contributed by atoms with Crippen molar-refractivity contribution >= 4 is 18.3 Å². The minimum atomic E-state index is -0.256. The molecule has 0 spiro atoms. The van der Waals surface area contributed by atoms with E-state index in [1.165, 1.54) is 25.0 Å². The minimum Gasteiger partial charge on any atom is -0.342 e. The van der Waals surface area contributed by atoms with Crippen LogP contribution in [-0.4, -0.2) is 36.5 Å². The van der Waals surface area contributed by atoms with Crippen molar-refractivity contribution in [3.8, 4) is 0 Å². The van der Waals surface area contributed by atoms with Crippen molar-refractivity contribution in [2.24, 2.45) is 5.92 Å². The van der Waals surface area contributed by atoms with Gasteiger partial charge in [-0.1, -0.05) is 12.1 Å². The van der Waals surface area contributed by atoms with E-state index in [0.29, 0.717) is 12.5 Å². The van der Waals surface area contributed by atoms with E-state index in [9.17, 15) is 9.18 Å². The van der Waals surface area contributed by atoms with Crippen molar-refractivity contribution in [3.05, 3.63) is 35.6 Å². The Kier molecular flexibility index (Phi) is 6.21. The number of halogens is 2. The SMILES string of the molecule is Cl.O=C(Cc1ccc(F)cc1)N1CCC(NCC2CC2)CC1. The maximum atomic E-state index is 12.9. The largest absolute Gasteiger partial charge is 0.342 e. The summed E-state index contributed by atoms with van der Waals surface area (Å²) in [6, 6.07) is 6.78. The molecule has 0 unspecified atom stereocenters. The molecule has 1 aromatic carbocycles. The quantitative estimate of drug-likeness (QED) is 0.902. The van der Waals surface area contributed by atoms with Gasteiger partial charge < -0.3 is 10.2 Å². The topological polar surface area (TPSA) is 32.3 Å². The Hall–Kier alpha value is -1.13. The van der Waals surface area contributed by atoms with Gasteiger partial charge in [-0.3, -0.25) is 4.79 Å². The highest BCUT2D eigenvalue weighted by molar-refractivity contribution is 5.85. The normalized spacial score (nSPS) is 18.9. The van der Waals surface area contributed by atoms with Crippen molar-refractivity contribution < 1.29 is 9.18 Å². The molecule has 0 bridgehead atoms. The van der Waals surface area contributed by atoms with E-state index in [-0.39, 0.29) is 24.1 Å². The molecule has 1 aliphatic heterocycles. The Balaban J connectivity index is 0.00000176. The standard InChI is InChI=1S/C17H23FN2O.ClH/c18-15-5-3-13(4-6-15)11-17(21)20-9-7-16(8-10-20)19-12-14-1-2-14;/h3-6,14,16,19H,1-2,7-12H2;1H. The van der Waals surface area contributed by atoms with Gasteiger partial charge in [0.1, 0.15) is 5.82 Å². The molecule has 1 saturated carbocycles. The van der Waals surface area contributed by atoms with Crippen molar-refractivity contribution in [1.82, 2.24) is 10.2 Å². The lowest BCUT2D eigenvalue weighted by atomic mass is 10.0. The molecule has 2 fully saturated rings. The fourth-order valence-corrected chi connectivity index (χ4v) is 2.88. The zero-order valence-corrected chi connectivity index (χ0v) is 13.6. The van der Waals surface area contributed by atoms with E-state index >= 15 is 0 Å². The molecule has 5 heteroatoms. The Bertz CT molecular complexity index is 482. The number of rotatable bonds is 5. The summed E-state index contributed by atoms with van der Waals surface area (Å²) in [7, 11) is 0. The van der Waals surface area contributed by atoms with Gasteiger partial charge in [-0.15, -0.1) is 12.4 Å². The molecular formula is C17H24ClFN2O. The van der Waals surface area contributed by atoms with Crippen molar-refractivity contribution in [2.75, 3.05) is 19.6 Å². The van der Waals surface area contributed by atoms with E-state index in [4.69, 9.17) is 0 Å². The highest BCUT2D eigenvalue weighted by Crippen LogP contribution is 2.28. The van der Waals surface area contributed by atoms with Gasteiger partial charge in [0.2, 0.25) is 5.91 Å². The summed E-state index contributed by atoms with van der Waals surface area (Å²) >= 11 is 0. The summed E-state index contributed by atoms with van der Waals surface area (Å²) in [5.74, 6) is 0.805. The number of benzene rings is 1. The maximum Gasteiger partial charge on any atom is 0.226 e. The monoisotopic (exact) mass is 326 g/mol. The highest BCUT2D eigenvalue weighted by atomic mass is 35.5. The fraction of sp³-hybridized carbons (Fsp3) is 0.588. The zero-order chi connectivity index (χ0) is 14.7. The average molecular weight is 327 g/mol. The van der Waals surface area contributed by atoms with Crippen molar-refractivity contribution in [1.29, 1.82) is 0 Å². The molecule has 22 heavy (non-hydrogen) atoms. The average Bonchev–Trinajstić information content (AvgIpc) is 3.32. The first-order chi connectivity index (χ1) is 10.2. The van der Waals surface area contributed by atoms with Crippen molar-refractivity contribution in [2.45, 2.75) is 38.1 Å². The van der Waals surface area contributed by atoms with Gasteiger partial charge in [0.25, 0.3) is 0 Å². The number of nitrogens with zero attached hydrogens (tertiary/aromatic N) is 1. The minimum absolute atomic E-state index is 0. The second-order valence-corrected chi connectivity index (χ2v) is 6.31. The molecule has 3 nitrogen and oxygen atoms in total. The molecule has 0 atom stereocenters. The van der Waals surface area contributed by atoms with Gasteiger partial charge in [0.15, 0.2) is 0 Å². The van der Waals surface area contributed by atoms with Crippen LogP contribution >= 0.6 is 12.4 Å². The summed E-state index contributed by atoms with van der Waals surface area (Å²) in [5.41, 5.74) is 0.885. The Morgan fingerprint density at radius 2 is 1.77 bits per heavy atom. The molecule has 3 rings (SSSR count). The summed E-state index contributed by atoms with van der Waals surface area (Å²) in [6.45, 7) is 2.82. The third-order valence-corrected chi connectivity index (χ3v) is 4.51. The number of likely N-dealkylation sites (tertiary alicyclic amines) is 1. The van der Waals surface area contributed by atoms with E-state index in [2.05, 4.69) is 5.32 Å². The molecule has 0 radical (unpaired) electrons. The lowest BCUT2D eigenvalue weighted by molar-refractivity contribution is -0.131. The van der Waals surface area contributed by atoms with Crippen LogP contribution in [0.5, 0.6) is 0 Å². The first-order valence-electron chi connectivity index (χ1n) is 7.96. The third-order valence-electron chi connectivity index (χ3n) is 4.51. The predicted molar refractivity (Wildman–Crippen MR) is 87.7 cm³/mol. The highest BCUT2D eigenvalue weighted by Gasteiger charge is 2.25. The molecule has 2 aliphatic rings. The number of carbonyl (C=O) groups is 1. The predicted octanol–water partition coefficient (Wildman–Crippen LogP) is 2.78. The van der Waals surface area contributed by atoms with E-state index in [1.807, 2.05) is 4.90 Å². The second-order valence-electron chi connectivity index (χ2n) is 6.31. The van der Waals surface area contributed by atoms with Crippen LogP contribution in [0.15, 0.2) is 24.3 Å². The number of carbonyl (C=O) groups excluding carboxylic acids is 1. The smallest absolute Gasteiger partial charge is 0.226 e. The zero-order valence-electron chi connectivity index (χ0n) is 12.8. The second kappa shape index (κ2) is 7.93. The lowest BCUT2D eigenvalue weighted by Crippen LogP contribution is -2.45. The van der Waals surface area contributed by atoms with Crippen LogP contribution in [-0.2, 0) is 11.2 Å². The summed E-state index contributed by atoms with van der Waals surface area (Å²) in [4.78, 5) is 14.2. The maximum absolute atomic E-state index is 12.9. The number of amides is 1. The van der Waals surface area contributed by atoms with E-state index in [0.717, 1.165) is 44.0 Å². The van der Waals surface area contributed by atoms with Crippen LogP contribution in [0.25, 0.3) is 0 Å². The Morgan fingerprint density at radius 3 is 2.36 bits per heavy atom. The first-order valence-corrected chi connectivity index (χ1v) is 7.96. The van der Waals surface area contributed by atoms with Crippen LogP contribution in [0.4, 0.5) is 4.39 Å². The molecule has 1 N–H and O–H groups in total. The summed E-state index contributed by atoms with van der Waals surface area (Å²) in [5, 5.41) is 3.62. The van der Waals surface area contributed by atoms with Gasteiger partial charge >= 0.3 is 0 Å². The number of hydrogen-bond acceptors (Lipinski definition) is 2. The third kappa shape index (κ3) is 4.96. The van der Waals surface area contributed by atoms with Gasteiger partial charge in [-0.2, -0.15) is 0 Å². The fourth-order valence-electron chi connectivity index (χ4n) is 2.88. The molecule has 1 heterocycles. The lowest BCUT2D eigenvalue weighted by Gasteiger charge is -2.32. The van der Waals surface area contributed by atoms with Gasteiger partial charge in [-0.05, 0) is 55.8 Å². The first kappa shape index (κ1) is 17.2. The van der Waals surface area contributed by atoms with Gasteiger partial charge in [0.05, 0.1) is 6.42 Å². The Morgan fingerprint density at radius 1 is 1.14 bits per heavy atom. The molecular weight excluding hydrogens is 303 g/mol. The number of piperidine rings is 1. The van der Waals surface area contributed by atoms with E-state index < -0.39 is 0 Å². The molecule has 122 valence electrons. The summed E-state index contributed by atoms with van der Waals surface area (Å²) < 4.78 is 12.9. The number of nitrogens with one attached hydrogen (secondary N) is 1. The van der Waals surface area contributed by atoms with Crippen LogP contribution < -0.4 is 5.32 Å². The van der Waals surface area contributed by atoms with Crippen LogP contribution in [0.2, 0.25) is 0 Å². The summed E-state index contributed by atoms with van der Waals surface area (Å²) in [6.07, 6.45) is 5.22. The number of hydrogen-bond donors (Lipinski definition) is 1. The van der Waals surface area contributed by atoms with Crippen LogP contribution in [0, 0.1) is 11.7 Å². The molecule has 1 aliphatic carbocycles. The van der Waals surface area contributed by atoms with Crippen molar-refractivity contribution in [3.63, 3.8) is 0 Å². The molecule has 0 aromatic heterocycles. The molecule has 1 saturated heterocycles. The van der Waals surface area contributed by atoms with E-state index in [1.54, 1.807) is 12.1 Å². The van der Waals surface area contributed by atoms with Crippen LogP contribution in [0.1, 0.15) is 31.2 Å². The van der Waals surface area contributed by atoms with Gasteiger partial charge in [-0.25, -0.2) is 4.39 Å². The molecule has 1 amide bonds. The van der Waals surface area contributed by atoms with Crippen LogP contribution in [0.3, 0.4) is 0 Å². The Labute approximate surface area is 137 Å².